The fourth-order valence-corrected chi connectivity index (χ4v) is 3.61. The Bertz CT molecular complexity index is 421. The summed E-state index contributed by atoms with van der Waals surface area (Å²) in [5, 5.41) is 7.79. The van der Waals surface area contributed by atoms with Gasteiger partial charge in [0.25, 0.3) is 0 Å². The number of aromatic nitrogens is 2. The molecule has 4 unspecified atom stereocenters. The number of nitrogens with one attached hydrogen (secondary N) is 1. The van der Waals surface area contributed by atoms with Gasteiger partial charge >= 0.3 is 0 Å². The first-order chi connectivity index (χ1) is 9.81. The third-order valence-electron chi connectivity index (χ3n) is 4.64. The number of fused-ring (bicyclic) bond motifs is 1. The lowest BCUT2D eigenvalue weighted by Crippen LogP contribution is -2.30. The van der Waals surface area contributed by atoms with Crippen LogP contribution in [0.25, 0.3) is 0 Å². The number of hydrogen-bond donors (Lipinski definition) is 1. The van der Waals surface area contributed by atoms with Gasteiger partial charge in [0.05, 0.1) is 6.04 Å². The van der Waals surface area contributed by atoms with Crippen molar-refractivity contribution in [2.75, 3.05) is 6.61 Å². The summed E-state index contributed by atoms with van der Waals surface area (Å²) in [6.07, 6.45) is 7.31. The van der Waals surface area contributed by atoms with Crippen molar-refractivity contribution in [3.05, 3.63) is 11.7 Å². The molecule has 2 aliphatic rings. The molecule has 0 aromatic carbocycles. The van der Waals surface area contributed by atoms with Crippen molar-refractivity contribution < 1.29 is 9.26 Å². The van der Waals surface area contributed by atoms with E-state index in [0.29, 0.717) is 18.5 Å². The summed E-state index contributed by atoms with van der Waals surface area (Å²) < 4.78 is 11.1. The molecular formula is C15H25N3O2. The third-order valence-corrected chi connectivity index (χ3v) is 4.64. The zero-order valence-electron chi connectivity index (χ0n) is 12.5. The number of hydrogen-bond acceptors (Lipinski definition) is 5. The van der Waals surface area contributed by atoms with E-state index in [9.17, 15) is 0 Å². The van der Waals surface area contributed by atoms with Gasteiger partial charge in [0, 0.05) is 12.6 Å². The van der Waals surface area contributed by atoms with Crippen molar-refractivity contribution in [1.29, 1.82) is 0 Å². The number of rotatable bonds is 5. The van der Waals surface area contributed by atoms with Gasteiger partial charge in [-0.1, -0.05) is 24.9 Å². The monoisotopic (exact) mass is 279 g/mol. The summed E-state index contributed by atoms with van der Waals surface area (Å²) in [6, 6.07) is 0.890. The highest BCUT2D eigenvalue weighted by Crippen LogP contribution is 2.38. The molecule has 4 atom stereocenters. The van der Waals surface area contributed by atoms with Crippen LogP contribution in [0.1, 0.15) is 76.2 Å². The molecule has 0 bridgehead atoms. The minimum atomic E-state index is -0.0406. The van der Waals surface area contributed by atoms with Crippen molar-refractivity contribution in [2.45, 2.75) is 70.6 Å². The Balaban J connectivity index is 1.67. The van der Waals surface area contributed by atoms with Gasteiger partial charge in [-0.3, -0.25) is 0 Å². The maximum Gasteiger partial charge on any atom is 0.243 e. The molecule has 0 amide bonds. The van der Waals surface area contributed by atoms with Crippen molar-refractivity contribution in [1.82, 2.24) is 15.5 Å². The highest BCUT2D eigenvalue weighted by atomic mass is 16.5. The molecule has 5 nitrogen and oxygen atoms in total. The molecule has 1 aromatic heterocycles. The number of ether oxygens (including phenoxy) is 1. The lowest BCUT2D eigenvalue weighted by atomic mass is 9.85. The largest absolute Gasteiger partial charge is 0.370 e. The van der Waals surface area contributed by atoms with Gasteiger partial charge in [0.2, 0.25) is 11.7 Å². The van der Waals surface area contributed by atoms with Gasteiger partial charge in [-0.25, -0.2) is 0 Å². The second kappa shape index (κ2) is 6.22. The molecular weight excluding hydrogens is 254 g/mol. The van der Waals surface area contributed by atoms with Crippen LogP contribution in [0.3, 0.4) is 0 Å². The van der Waals surface area contributed by atoms with Crippen LogP contribution in [-0.4, -0.2) is 22.8 Å². The molecule has 3 rings (SSSR count). The maximum atomic E-state index is 5.64. The molecule has 1 aliphatic heterocycles. The Hall–Kier alpha value is -0.940. The van der Waals surface area contributed by atoms with E-state index in [4.69, 9.17) is 9.26 Å². The molecule has 20 heavy (non-hydrogen) atoms. The summed E-state index contributed by atoms with van der Waals surface area (Å²) in [6.45, 7) is 4.75. The van der Waals surface area contributed by atoms with E-state index in [1.807, 2.05) is 6.92 Å². The van der Waals surface area contributed by atoms with Gasteiger partial charge < -0.3 is 14.6 Å². The first kappa shape index (κ1) is 14.0. The Morgan fingerprint density at radius 1 is 1.35 bits per heavy atom. The molecule has 1 saturated heterocycles. The Morgan fingerprint density at radius 2 is 2.20 bits per heavy atom. The van der Waals surface area contributed by atoms with E-state index in [1.54, 1.807) is 0 Å². The first-order valence-electron chi connectivity index (χ1n) is 8.03. The van der Waals surface area contributed by atoms with E-state index in [1.165, 1.54) is 25.7 Å². The van der Waals surface area contributed by atoms with E-state index < -0.39 is 0 Å². The van der Waals surface area contributed by atoms with Gasteiger partial charge in [0.1, 0.15) is 6.10 Å². The Kier molecular flexibility index (Phi) is 4.36. The molecule has 2 fully saturated rings. The highest BCUT2D eigenvalue weighted by molar-refractivity contribution is 5.02. The summed E-state index contributed by atoms with van der Waals surface area (Å²) >= 11 is 0. The van der Waals surface area contributed by atoms with Crippen molar-refractivity contribution in [3.8, 4) is 0 Å². The normalized spacial score (nSPS) is 31.2. The fourth-order valence-electron chi connectivity index (χ4n) is 3.61. The molecule has 112 valence electrons. The zero-order chi connectivity index (χ0) is 13.9. The van der Waals surface area contributed by atoms with Crippen LogP contribution >= 0.6 is 0 Å². The van der Waals surface area contributed by atoms with E-state index in [-0.39, 0.29) is 12.1 Å². The van der Waals surface area contributed by atoms with Crippen LogP contribution in [-0.2, 0) is 4.74 Å². The van der Waals surface area contributed by atoms with Crippen LogP contribution in [0.15, 0.2) is 4.52 Å². The summed E-state index contributed by atoms with van der Waals surface area (Å²) in [4.78, 5) is 4.57. The Labute approximate surface area is 120 Å². The second-order valence-electron chi connectivity index (χ2n) is 5.95. The zero-order valence-corrected chi connectivity index (χ0v) is 12.5. The van der Waals surface area contributed by atoms with Crippen LogP contribution < -0.4 is 5.32 Å². The van der Waals surface area contributed by atoms with Gasteiger partial charge in [-0.05, 0) is 38.5 Å². The minimum Gasteiger partial charge on any atom is -0.370 e. The average molecular weight is 279 g/mol. The number of nitrogens with zero attached hydrogens (tertiary/aromatic N) is 2. The topological polar surface area (TPSA) is 60.2 Å². The standard InChI is InChI=1S/C15H25N3O2/c1-3-13(19-4-2)14-17-15(20-18-14)12-9-10-7-5-6-8-11(10)16-12/h10-13,16H,3-9H2,1-2H3. The summed E-state index contributed by atoms with van der Waals surface area (Å²) in [5.41, 5.74) is 0. The van der Waals surface area contributed by atoms with E-state index in [2.05, 4.69) is 22.4 Å². The van der Waals surface area contributed by atoms with Crippen LogP contribution in [0.5, 0.6) is 0 Å². The molecule has 5 heteroatoms. The third kappa shape index (κ3) is 2.74. The molecule has 2 heterocycles. The van der Waals surface area contributed by atoms with Crippen LogP contribution in [0, 0.1) is 5.92 Å². The van der Waals surface area contributed by atoms with E-state index >= 15 is 0 Å². The molecule has 1 aliphatic carbocycles. The fraction of sp³-hybridized carbons (Fsp3) is 0.867. The first-order valence-corrected chi connectivity index (χ1v) is 8.03. The van der Waals surface area contributed by atoms with Gasteiger partial charge in [-0.2, -0.15) is 4.98 Å². The Morgan fingerprint density at radius 3 is 2.95 bits per heavy atom. The van der Waals surface area contributed by atoms with Crippen LogP contribution in [0.4, 0.5) is 0 Å². The van der Waals surface area contributed by atoms with Gasteiger partial charge in [-0.15, -0.1) is 0 Å². The average Bonchev–Trinajstić information content (AvgIpc) is 3.10. The van der Waals surface area contributed by atoms with Crippen molar-refractivity contribution in [2.24, 2.45) is 5.92 Å². The summed E-state index contributed by atoms with van der Waals surface area (Å²) in [5.74, 6) is 2.23. The molecule has 1 aromatic rings. The van der Waals surface area contributed by atoms with Crippen molar-refractivity contribution in [3.63, 3.8) is 0 Å². The smallest absolute Gasteiger partial charge is 0.243 e. The predicted molar refractivity (Wildman–Crippen MR) is 75.2 cm³/mol. The minimum absolute atomic E-state index is 0.0406. The SMILES string of the molecule is CCOC(CC)c1noc(C2CC3CCCCC3N2)n1. The quantitative estimate of drug-likeness (QED) is 0.897. The molecule has 0 spiro atoms. The van der Waals surface area contributed by atoms with E-state index in [0.717, 1.165) is 24.7 Å². The lowest BCUT2D eigenvalue weighted by molar-refractivity contribution is 0.0518. The summed E-state index contributed by atoms with van der Waals surface area (Å²) in [7, 11) is 0. The van der Waals surface area contributed by atoms with Gasteiger partial charge in [0.15, 0.2) is 0 Å². The predicted octanol–water partition coefficient (Wildman–Crippen LogP) is 3.15. The highest BCUT2D eigenvalue weighted by Gasteiger charge is 2.38. The maximum absolute atomic E-state index is 5.64. The molecule has 1 saturated carbocycles. The molecule has 0 radical (unpaired) electrons. The lowest BCUT2D eigenvalue weighted by Gasteiger charge is -2.24. The molecule has 1 N–H and O–H groups in total. The van der Waals surface area contributed by atoms with Crippen molar-refractivity contribution >= 4 is 0 Å². The second-order valence-corrected chi connectivity index (χ2v) is 5.95. The van der Waals surface area contributed by atoms with Crippen LogP contribution in [0.2, 0.25) is 0 Å².